The number of anilines is 1. The number of alkyl halides is 3. The Bertz CT molecular complexity index is 874. The number of nitrogens with one attached hydrogen (secondary N) is 2. The van der Waals surface area contributed by atoms with Crippen LogP contribution in [0.15, 0.2) is 42.5 Å². The number of halogens is 4. The van der Waals surface area contributed by atoms with Crippen LogP contribution in [0.4, 0.5) is 18.9 Å². The second kappa shape index (κ2) is 7.60. The van der Waals surface area contributed by atoms with Crippen molar-refractivity contribution in [3.8, 4) is 0 Å². The van der Waals surface area contributed by atoms with Gasteiger partial charge in [0, 0.05) is 22.4 Å². The lowest BCUT2D eigenvalue weighted by atomic mass is 10.1. The molecule has 0 radical (unpaired) electrons. The molecule has 0 fully saturated rings. The van der Waals surface area contributed by atoms with Gasteiger partial charge in [-0.2, -0.15) is 13.2 Å². The second-order valence-electron chi connectivity index (χ2n) is 6.93. The van der Waals surface area contributed by atoms with E-state index in [0.29, 0.717) is 0 Å². The Morgan fingerprint density at radius 1 is 0.926 bits per heavy atom. The van der Waals surface area contributed by atoms with Crippen LogP contribution in [0.5, 0.6) is 0 Å². The predicted octanol–water partition coefficient (Wildman–Crippen LogP) is 5.14. The number of hydrogen-bond acceptors (Lipinski definition) is 2. The Balaban J connectivity index is 2.22. The van der Waals surface area contributed by atoms with Gasteiger partial charge in [-0.05, 0) is 57.2 Å². The summed E-state index contributed by atoms with van der Waals surface area (Å²) in [4.78, 5) is 24.6. The molecule has 2 rings (SSSR count). The van der Waals surface area contributed by atoms with E-state index < -0.39 is 28.2 Å². The zero-order chi connectivity index (χ0) is 20.4. The average molecular weight is 399 g/mol. The molecule has 27 heavy (non-hydrogen) atoms. The summed E-state index contributed by atoms with van der Waals surface area (Å²) in [5, 5.41) is 4.70. The molecule has 2 aromatic rings. The Morgan fingerprint density at radius 2 is 1.52 bits per heavy atom. The molecule has 0 aliphatic rings. The van der Waals surface area contributed by atoms with Gasteiger partial charge in [-0.25, -0.2) is 0 Å². The van der Waals surface area contributed by atoms with E-state index in [1.54, 1.807) is 6.07 Å². The zero-order valence-corrected chi connectivity index (χ0v) is 15.6. The van der Waals surface area contributed by atoms with Crippen molar-refractivity contribution in [2.75, 3.05) is 5.32 Å². The molecule has 2 amide bonds. The van der Waals surface area contributed by atoms with Crippen LogP contribution in [-0.4, -0.2) is 17.4 Å². The molecule has 2 aromatic carbocycles. The molecule has 0 atom stereocenters. The topological polar surface area (TPSA) is 58.2 Å². The molecule has 0 unspecified atom stereocenters. The van der Waals surface area contributed by atoms with Crippen molar-refractivity contribution < 1.29 is 22.8 Å². The molecule has 0 saturated heterocycles. The summed E-state index contributed by atoms with van der Waals surface area (Å²) >= 11 is 5.57. The highest BCUT2D eigenvalue weighted by Gasteiger charge is 2.33. The van der Waals surface area contributed by atoms with Crippen LogP contribution >= 0.6 is 11.6 Å². The van der Waals surface area contributed by atoms with Crippen LogP contribution in [-0.2, 0) is 6.18 Å². The molecule has 0 saturated carbocycles. The van der Waals surface area contributed by atoms with E-state index in [0.717, 1.165) is 12.1 Å². The van der Waals surface area contributed by atoms with Gasteiger partial charge in [-0.15, -0.1) is 0 Å². The number of rotatable bonds is 3. The first kappa shape index (κ1) is 20.8. The summed E-state index contributed by atoms with van der Waals surface area (Å²) in [6.45, 7) is 5.46. The Morgan fingerprint density at radius 3 is 2.07 bits per heavy atom. The molecule has 2 N–H and O–H groups in total. The van der Waals surface area contributed by atoms with Crippen LogP contribution in [0.3, 0.4) is 0 Å². The normalized spacial score (nSPS) is 11.8. The fourth-order valence-electron chi connectivity index (χ4n) is 2.24. The number of benzene rings is 2. The van der Waals surface area contributed by atoms with Crippen molar-refractivity contribution in [1.29, 1.82) is 0 Å². The van der Waals surface area contributed by atoms with Crippen LogP contribution in [0.25, 0.3) is 0 Å². The highest BCUT2D eigenvalue weighted by Crippen LogP contribution is 2.36. The third-order valence-electron chi connectivity index (χ3n) is 3.41. The predicted molar refractivity (Wildman–Crippen MR) is 98.1 cm³/mol. The van der Waals surface area contributed by atoms with Gasteiger partial charge in [0.1, 0.15) is 0 Å². The Hall–Kier alpha value is -2.54. The maximum Gasteiger partial charge on any atom is 0.417 e. The maximum absolute atomic E-state index is 12.9. The average Bonchev–Trinajstić information content (AvgIpc) is 2.54. The van der Waals surface area contributed by atoms with Gasteiger partial charge in [0.25, 0.3) is 11.8 Å². The largest absolute Gasteiger partial charge is 0.417 e. The lowest BCUT2D eigenvalue weighted by Gasteiger charge is -2.20. The van der Waals surface area contributed by atoms with E-state index in [4.69, 9.17) is 11.6 Å². The molecule has 4 nitrogen and oxygen atoms in total. The van der Waals surface area contributed by atoms with E-state index >= 15 is 0 Å². The maximum atomic E-state index is 12.9. The third-order valence-corrected chi connectivity index (χ3v) is 3.73. The minimum atomic E-state index is -4.64. The monoisotopic (exact) mass is 398 g/mol. The SMILES string of the molecule is CC(C)(C)NC(=O)c1cccc(C(=O)Nc2ccc(Cl)c(C(F)(F)F)c2)c1. The highest BCUT2D eigenvalue weighted by atomic mass is 35.5. The van der Waals surface area contributed by atoms with Crippen molar-refractivity contribution in [2.24, 2.45) is 0 Å². The smallest absolute Gasteiger partial charge is 0.347 e. The second-order valence-corrected chi connectivity index (χ2v) is 7.34. The summed E-state index contributed by atoms with van der Waals surface area (Å²) in [5.41, 5.74) is -1.14. The van der Waals surface area contributed by atoms with Gasteiger partial charge < -0.3 is 10.6 Å². The molecule has 0 spiro atoms. The van der Waals surface area contributed by atoms with Crippen LogP contribution in [0, 0.1) is 0 Å². The van der Waals surface area contributed by atoms with Gasteiger partial charge in [0.05, 0.1) is 10.6 Å². The van der Waals surface area contributed by atoms with Crippen molar-refractivity contribution >= 4 is 29.1 Å². The van der Waals surface area contributed by atoms with E-state index in [-0.39, 0.29) is 22.7 Å². The van der Waals surface area contributed by atoms with Crippen LogP contribution < -0.4 is 10.6 Å². The van der Waals surface area contributed by atoms with Crippen LogP contribution in [0.1, 0.15) is 47.1 Å². The number of carbonyl (C=O) groups excluding carboxylic acids is 2. The lowest BCUT2D eigenvalue weighted by molar-refractivity contribution is -0.137. The Kier molecular flexibility index (Phi) is 5.85. The van der Waals surface area contributed by atoms with E-state index in [1.807, 2.05) is 20.8 Å². The van der Waals surface area contributed by atoms with Crippen molar-refractivity contribution in [3.05, 3.63) is 64.2 Å². The van der Waals surface area contributed by atoms with E-state index in [1.165, 1.54) is 24.3 Å². The molecule has 0 bridgehead atoms. The molecule has 0 aliphatic heterocycles. The molecule has 0 aliphatic carbocycles. The van der Waals surface area contributed by atoms with Gasteiger partial charge in [-0.3, -0.25) is 9.59 Å². The summed E-state index contributed by atoms with van der Waals surface area (Å²) in [6, 6.07) is 8.99. The molecule has 8 heteroatoms. The van der Waals surface area contributed by atoms with E-state index in [9.17, 15) is 22.8 Å². The third kappa shape index (κ3) is 5.72. The zero-order valence-electron chi connectivity index (χ0n) is 14.9. The first-order valence-corrected chi connectivity index (χ1v) is 8.35. The summed E-state index contributed by atoms with van der Waals surface area (Å²) < 4.78 is 38.8. The lowest BCUT2D eigenvalue weighted by Crippen LogP contribution is -2.40. The minimum Gasteiger partial charge on any atom is -0.347 e. The van der Waals surface area contributed by atoms with Crippen LogP contribution in [0.2, 0.25) is 5.02 Å². The molecular weight excluding hydrogens is 381 g/mol. The fraction of sp³-hybridized carbons (Fsp3) is 0.263. The van der Waals surface area contributed by atoms with Gasteiger partial charge >= 0.3 is 6.18 Å². The highest BCUT2D eigenvalue weighted by molar-refractivity contribution is 6.31. The van der Waals surface area contributed by atoms with Crippen molar-refractivity contribution in [1.82, 2.24) is 5.32 Å². The van der Waals surface area contributed by atoms with Crippen molar-refractivity contribution in [2.45, 2.75) is 32.5 Å². The minimum absolute atomic E-state index is 0.0544. The molecule has 144 valence electrons. The molecule has 0 heterocycles. The number of carbonyl (C=O) groups is 2. The summed E-state index contributed by atoms with van der Waals surface area (Å²) in [6.07, 6.45) is -4.64. The van der Waals surface area contributed by atoms with E-state index in [2.05, 4.69) is 10.6 Å². The Labute approximate surface area is 159 Å². The van der Waals surface area contributed by atoms with Gasteiger partial charge in [0.2, 0.25) is 0 Å². The van der Waals surface area contributed by atoms with Gasteiger partial charge in [0.15, 0.2) is 0 Å². The summed E-state index contributed by atoms with van der Waals surface area (Å²) in [7, 11) is 0. The van der Waals surface area contributed by atoms with Gasteiger partial charge in [-0.1, -0.05) is 17.7 Å². The van der Waals surface area contributed by atoms with Crippen molar-refractivity contribution in [3.63, 3.8) is 0 Å². The molecular formula is C19H18ClF3N2O2. The standard InChI is InChI=1S/C19H18ClF3N2O2/c1-18(2,3)25-17(27)12-6-4-5-11(9-12)16(26)24-13-7-8-15(20)14(10-13)19(21,22)23/h4-10H,1-3H3,(H,24,26)(H,25,27). The first-order valence-electron chi connectivity index (χ1n) is 7.97. The quantitative estimate of drug-likeness (QED) is 0.752. The molecule has 0 aromatic heterocycles. The first-order chi connectivity index (χ1) is 12.4. The number of amides is 2. The number of hydrogen-bond donors (Lipinski definition) is 2. The summed E-state index contributed by atoms with van der Waals surface area (Å²) in [5.74, 6) is -1.00. The fourth-order valence-corrected chi connectivity index (χ4v) is 2.46.